The van der Waals surface area contributed by atoms with Crippen molar-refractivity contribution in [2.24, 2.45) is 5.92 Å². The number of thiophene rings is 1. The first kappa shape index (κ1) is 22.9. The van der Waals surface area contributed by atoms with Crippen molar-refractivity contribution < 1.29 is 13.2 Å². The standard InChI is InChI=1S/C22H31N3O3S2/c1-17-7-8-21(18(2)13-17)30(27,28)24-10-9-22(26)23-14-19-5-3-11-25(15-19)16-20-6-4-12-29-20/h4,6-8,12-13,19,24H,3,5,9-11,14-16H2,1-2H3,(H,23,26). The molecule has 30 heavy (non-hydrogen) atoms. The van der Waals surface area contributed by atoms with Gasteiger partial charge in [0.1, 0.15) is 0 Å². The van der Waals surface area contributed by atoms with E-state index in [2.05, 4.69) is 32.5 Å². The monoisotopic (exact) mass is 449 g/mol. The predicted molar refractivity (Wildman–Crippen MR) is 121 cm³/mol. The second kappa shape index (κ2) is 10.5. The van der Waals surface area contributed by atoms with Crippen molar-refractivity contribution in [3.05, 3.63) is 51.7 Å². The van der Waals surface area contributed by atoms with E-state index in [1.54, 1.807) is 30.4 Å². The van der Waals surface area contributed by atoms with Crippen LogP contribution in [0.3, 0.4) is 0 Å². The molecule has 2 heterocycles. The molecular formula is C22H31N3O3S2. The molecule has 1 unspecified atom stereocenters. The van der Waals surface area contributed by atoms with Gasteiger partial charge in [0.25, 0.3) is 0 Å². The Balaban J connectivity index is 1.39. The molecule has 8 heteroatoms. The molecule has 0 radical (unpaired) electrons. The highest BCUT2D eigenvalue weighted by Gasteiger charge is 2.21. The van der Waals surface area contributed by atoms with Crippen LogP contribution >= 0.6 is 11.3 Å². The molecule has 1 aromatic carbocycles. The normalized spacial score (nSPS) is 17.7. The molecule has 1 aromatic heterocycles. The second-order valence-electron chi connectivity index (χ2n) is 8.04. The molecule has 6 nitrogen and oxygen atoms in total. The molecular weight excluding hydrogens is 418 g/mol. The lowest BCUT2D eigenvalue weighted by Crippen LogP contribution is -2.41. The number of aryl methyl sites for hydroxylation is 2. The fraction of sp³-hybridized carbons (Fsp3) is 0.500. The Morgan fingerprint density at radius 2 is 2.10 bits per heavy atom. The summed E-state index contributed by atoms with van der Waals surface area (Å²) in [5.41, 5.74) is 1.72. The zero-order valence-corrected chi connectivity index (χ0v) is 19.3. The smallest absolute Gasteiger partial charge is 0.240 e. The second-order valence-corrected chi connectivity index (χ2v) is 10.8. The minimum atomic E-state index is -3.61. The highest BCUT2D eigenvalue weighted by molar-refractivity contribution is 7.89. The molecule has 1 atom stereocenters. The molecule has 0 aliphatic carbocycles. The lowest BCUT2D eigenvalue weighted by molar-refractivity contribution is -0.121. The fourth-order valence-electron chi connectivity index (χ4n) is 3.91. The van der Waals surface area contributed by atoms with Crippen molar-refractivity contribution >= 4 is 27.3 Å². The van der Waals surface area contributed by atoms with Gasteiger partial charge >= 0.3 is 0 Å². The Bertz CT molecular complexity index is 943. The first-order valence-electron chi connectivity index (χ1n) is 10.4. The van der Waals surface area contributed by atoms with Crippen LogP contribution in [0.1, 0.15) is 35.3 Å². The average molecular weight is 450 g/mol. The van der Waals surface area contributed by atoms with E-state index in [-0.39, 0.29) is 23.8 Å². The summed E-state index contributed by atoms with van der Waals surface area (Å²) in [6.45, 7) is 7.50. The largest absolute Gasteiger partial charge is 0.356 e. The van der Waals surface area contributed by atoms with Crippen molar-refractivity contribution in [1.82, 2.24) is 14.9 Å². The number of likely N-dealkylation sites (tertiary alicyclic amines) is 1. The summed E-state index contributed by atoms with van der Waals surface area (Å²) in [5.74, 6) is 0.322. The summed E-state index contributed by atoms with van der Waals surface area (Å²) in [6.07, 6.45) is 2.39. The summed E-state index contributed by atoms with van der Waals surface area (Å²) >= 11 is 1.78. The number of hydrogen-bond donors (Lipinski definition) is 2. The molecule has 1 aliphatic heterocycles. The molecule has 3 rings (SSSR count). The summed E-state index contributed by atoms with van der Waals surface area (Å²) in [5, 5.41) is 5.08. The first-order chi connectivity index (χ1) is 14.3. The number of carbonyl (C=O) groups is 1. The molecule has 0 spiro atoms. The van der Waals surface area contributed by atoms with E-state index in [1.165, 1.54) is 4.88 Å². The minimum Gasteiger partial charge on any atom is -0.356 e. The maximum atomic E-state index is 12.5. The van der Waals surface area contributed by atoms with E-state index in [0.717, 1.165) is 38.0 Å². The van der Waals surface area contributed by atoms with E-state index in [4.69, 9.17) is 0 Å². The first-order valence-corrected chi connectivity index (χ1v) is 12.8. The number of piperidine rings is 1. The van der Waals surface area contributed by atoms with E-state index in [9.17, 15) is 13.2 Å². The SMILES string of the molecule is Cc1ccc(S(=O)(=O)NCCC(=O)NCC2CCCN(Cc3cccs3)C2)c(C)c1. The topological polar surface area (TPSA) is 78.5 Å². The number of amides is 1. The quantitative estimate of drug-likeness (QED) is 0.617. The maximum Gasteiger partial charge on any atom is 0.240 e. The van der Waals surface area contributed by atoms with Gasteiger partial charge in [-0.1, -0.05) is 23.8 Å². The molecule has 2 aromatic rings. The summed E-state index contributed by atoms with van der Waals surface area (Å²) in [7, 11) is -3.61. The van der Waals surface area contributed by atoms with Crippen LogP contribution in [0.15, 0.2) is 40.6 Å². The predicted octanol–water partition coefficient (Wildman–Crippen LogP) is 3.06. The van der Waals surface area contributed by atoms with E-state index >= 15 is 0 Å². The van der Waals surface area contributed by atoms with Crippen LogP contribution < -0.4 is 10.0 Å². The zero-order valence-electron chi connectivity index (χ0n) is 17.7. The van der Waals surface area contributed by atoms with Crippen molar-refractivity contribution in [1.29, 1.82) is 0 Å². The molecule has 164 valence electrons. The van der Waals surface area contributed by atoms with Crippen LogP contribution in [0.2, 0.25) is 0 Å². The number of nitrogens with one attached hydrogen (secondary N) is 2. The molecule has 1 fully saturated rings. The number of hydrogen-bond acceptors (Lipinski definition) is 5. The van der Waals surface area contributed by atoms with Gasteiger partial charge in [-0.2, -0.15) is 0 Å². The number of rotatable bonds is 9. The van der Waals surface area contributed by atoms with Crippen LogP contribution in [0.5, 0.6) is 0 Å². The Morgan fingerprint density at radius 1 is 1.27 bits per heavy atom. The van der Waals surface area contributed by atoms with Crippen molar-refractivity contribution in [2.45, 2.75) is 44.6 Å². The zero-order chi connectivity index (χ0) is 21.6. The van der Waals surface area contributed by atoms with E-state index in [0.29, 0.717) is 18.0 Å². The Labute approximate surface area is 183 Å². The molecule has 2 N–H and O–H groups in total. The molecule has 1 amide bonds. The summed E-state index contributed by atoms with van der Waals surface area (Å²) in [4.78, 5) is 16.3. The van der Waals surface area contributed by atoms with Gasteiger partial charge in [0.15, 0.2) is 0 Å². The van der Waals surface area contributed by atoms with Gasteiger partial charge in [0.05, 0.1) is 4.90 Å². The van der Waals surface area contributed by atoms with Crippen LogP contribution in [-0.2, 0) is 21.4 Å². The molecule has 1 saturated heterocycles. The molecule has 1 aliphatic rings. The Morgan fingerprint density at radius 3 is 2.83 bits per heavy atom. The van der Waals surface area contributed by atoms with Gasteiger partial charge in [-0.3, -0.25) is 9.69 Å². The van der Waals surface area contributed by atoms with Crippen molar-refractivity contribution in [3.63, 3.8) is 0 Å². The van der Waals surface area contributed by atoms with Gasteiger partial charge in [-0.25, -0.2) is 13.1 Å². The van der Waals surface area contributed by atoms with Crippen LogP contribution in [0.4, 0.5) is 0 Å². The van der Waals surface area contributed by atoms with E-state index < -0.39 is 10.0 Å². The van der Waals surface area contributed by atoms with E-state index in [1.807, 2.05) is 13.0 Å². The van der Waals surface area contributed by atoms with Crippen LogP contribution in [-0.4, -0.2) is 45.4 Å². The van der Waals surface area contributed by atoms with Gasteiger partial charge in [0, 0.05) is 37.5 Å². The number of nitrogens with zero attached hydrogens (tertiary/aromatic N) is 1. The third-order valence-electron chi connectivity index (χ3n) is 5.41. The Hall–Kier alpha value is -1.74. The Kier molecular flexibility index (Phi) is 8.05. The maximum absolute atomic E-state index is 12.5. The molecule has 0 saturated carbocycles. The highest BCUT2D eigenvalue weighted by atomic mass is 32.2. The molecule has 0 bridgehead atoms. The lowest BCUT2D eigenvalue weighted by Gasteiger charge is -2.32. The number of carbonyl (C=O) groups excluding carboxylic acids is 1. The third kappa shape index (κ3) is 6.63. The van der Waals surface area contributed by atoms with Crippen molar-refractivity contribution in [3.8, 4) is 0 Å². The summed E-state index contributed by atoms with van der Waals surface area (Å²) < 4.78 is 27.5. The lowest BCUT2D eigenvalue weighted by atomic mass is 9.98. The highest BCUT2D eigenvalue weighted by Crippen LogP contribution is 2.20. The third-order valence-corrected chi connectivity index (χ3v) is 7.90. The van der Waals surface area contributed by atoms with Crippen LogP contribution in [0, 0.1) is 19.8 Å². The number of sulfonamides is 1. The van der Waals surface area contributed by atoms with Gasteiger partial charge in [-0.15, -0.1) is 11.3 Å². The minimum absolute atomic E-state index is 0.0939. The average Bonchev–Trinajstić information content (AvgIpc) is 3.19. The van der Waals surface area contributed by atoms with Gasteiger partial charge in [0.2, 0.25) is 15.9 Å². The van der Waals surface area contributed by atoms with Crippen LogP contribution in [0.25, 0.3) is 0 Å². The van der Waals surface area contributed by atoms with Gasteiger partial charge < -0.3 is 5.32 Å². The number of benzene rings is 1. The van der Waals surface area contributed by atoms with Crippen molar-refractivity contribution in [2.75, 3.05) is 26.2 Å². The summed E-state index contributed by atoms with van der Waals surface area (Å²) in [6, 6.07) is 9.47. The van der Waals surface area contributed by atoms with Gasteiger partial charge in [-0.05, 0) is 62.2 Å². The fourth-order valence-corrected chi connectivity index (χ4v) is 5.91.